The Kier molecular flexibility index (Phi) is 8.75. The zero-order chi connectivity index (χ0) is 16.8. The van der Waals surface area contributed by atoms with Gasteiger partial charge in [0.2, 0.25) is 0 Å². The van der Waals surface area contributed by atoms with Crippen LogP contribution in [-0.4, -0.2) is 22.6 Å². The van der Waals surface area contributed by atoms with Crippen molar-refractivity contribution in [2.75, 3.05) is 6.54 Å². The molecule has 2 atom stereocenters. The monoisotopic (exact) mass is 480 g/mol. The number of hydrogen-bond donors (Lipinski definition) is 3. The minimum atomic E-state index is -0.729. The van der Waals surface area contributed by atoms with Crippen LogP contribution in [0.1, 0.15) is 30.2 Å². The molecule has 0 aliphatic carbocycles. The lowest BCUT2D eigenvalue weighted by molar-refractivity contribution is 0.187. The average molecular weight is 481 g/mol. The van der Waals surface area contributed by atoms with Gasteiger partial charge in [-0.25, -0.2) is 0 Å². The number of aliphatic hydroxyl groups excluding tert-OH is 1. The molecule has 5 nitrogen and oxygen atoms in total. The summed E-state index contributed by atoms with van der Waals surface area (Å²) in [6.07, 6.45) is 2.51. The minimum Gasteiger partial charge on any atom is -0.386 e. The van der Waals surface area contributed by atoms with Crippen LogP contribution < -0.4 is 11.1 Å². The number of nitrogens with one attached hydrogen (secondary N) is 1. The summed E-state index contributed by atoms with van der Waals surface area (Å²) >= 11 is 12.0. The fraction of sp³-hybridized carbons (Fsp3) is 0.250. The molecule has 2 rings (SSSR count). The van der Waals surface area contributed by atoms with Crippen LogP contribution in [0.2, 0.25) is 10.0 Å². The Hall–Kier alpha value is -1.09. The van der Waals surface area contributed by atoms with E-state index in [1.165, 1.54) is 0 Å². The normalized spacial score (nSPS) is 13.8. The first-order chi connectivity index (χ1) is 11.0. The second-order valence-corrected chi connectivity index (χ2v) is 5.90. The van der Waals surface area contributed by atoms with E-state index >= 15 is 0 Å². The Balaban J connectivity index is 0.00000288. The molecule has 0 bridgehead atoms. The second kappa shape index (κ2) is 10.0. The number of aliphatic imine (C=N–C) groups is 1. The molecule has 0 spiro atoms. The van der Waals surface area contributed by atoms with Gasteiger partial charge in [-0.15, -0.1) is 24.0 Å². The van der Waals surface area contributed by atoms with Crippen molar-refractivity contribution in [1.82, 2.24) is 10.3 Å². The average Bonchev–Trinajstić information content (AvgIpc) is 2.53. The summed E-state index contributed by atoms with van der Waals surface area (Å²) in [7, 11) is 0. The zero-order valence-corrected chi connectivity index (χ0v) is 16.8. The van der Waals surface area contributed by atoms with Gasteiger partial charge in [0.05, 0.1) is 18.7 Å². The van der Waals surface area contributed by atoms with Crippen molar-refractivity contribution < 1.29 is 5.11 Å². The Morgan fingerprint density at radius 1 is 1.29 bits per heavy atom. The topological polar surface area (TPSA) is 83.5 Å². The number of nitrogens with zero attached hydrogens (tertiary/aromatic N) is 2. The summed E-state index contributed by atoms with van der Waals surface area (Å²) in [5.41, 5.74) is 7.47. The van der Waals surface area contributed by atoms with Crippen molar-refractivity contribution in [3.63, 3.8) is 0 Å². The highest BCUT2D eigenvalue weighted by molar-refractivity contribution is 14.0. The van der Waals surface area contributed by atoms with Gasteiger partial charge in [0, 0.05) is 22.4 Å². The predicted molar refractivity (Wildman–Crippen MR) is 109 cm³/mol. The fourth-order valence-corrected chi connectivity index (χ4v) is 2.65. The van der Waals surface area contributed by atoms with Crippen LogP contribution in [0, 0.1) is 0 Å². The predicted octanol–water partition coefficient (Wildman–Crippen LogP) is 3.71. The van der Waals surface area contributed by atoms with E-state index in [9.17, 15) is 5.11 Å². The lowest BCUT2D eigenvalue weighted by Crippen LogP contribution is -2.34. The van der Waals surface area contributed by atoms with E-state index in [0.29, 0.717) is 10.0 Å². The Bertz CT molecular complexity index is 685. The lowest BCUT2D eigenvalue weighted by Gasteiger charge is -2.17. The molecule has 0 aliphatic heterocycles. The maximum absolute atomic E-state index is 10.0. The van der Waals surface area contributed by atoms with E-state index in [1.807, 2.05) is 13.0 Å². The summed E-state index contributed by atoms with van der Waals surface area (Å²) in [5, 5.41) is 14.2. The van der Waals surface area contributed by atoms with Gasteiger partial charge in [0.15, 0.2) is 5.96 Å². The third-order valence-electron chi connectivity index (χ3n) is 3.32. The minimum absolute atomic E-state index is 0. The summed E-state index contributed by atoms with van der Waals surface area (Å²) < 4.78 is 0. The van der Waals surface area contributed by atoms with Crippen LogP contribution in [0.15, 0.2) is 47.7 Å². The molecule has 1 aromatic carbocycles. The number of halogens is 3. The number of aromatic nitrogens is 1. The summed E-state index contributed by atoms with van der Waals surface area (Å²) in [5.74, 6) is 0.233. The summed E-state index contributed by atoms with van der Waals surface area (Å²) in [4.78, 5) is 8.06. The molecule has 8 heteroatoms. The molecule has 0 amide bonds. The molecule has 24 heavy (non-hydrogen) atoms. The first-order valence-corrected chi connectivity index (χ1v) is 7.82. The first-order valence-electron chi connectivity index (χ1n) is 7.06. The van der Waals surface area contributed by atoms with Gasteiger partial charge < -0.3 is 16.2 Å². The highest BCUT2D eigenvalue weighted by Gasteiger charge is 2.11. The maximum atomic E-state index is 10.0. The molecule has 2 aromatic rings. The van der Waals surface area contributed by atoms with Gasteiger partial charge in [-0.1, -0.05) is 29.3 Å². The van der Waals surface area contributed by atoms with Gasteiger partial charge in [-0.2, -0.15) is 0 Å². The molecule has 0 aliphatic rings. The molecule has 1 aromatic heterocycles. The molecule has 4 N–H and O–H groups in total. The highest BCUT2D eigenvalue weighted by atomic mass is 127. The number of aliphatic hydroxyl groups is 1. The Morgan fingerprint density at radius 2 is 1.96 bits per heavy atom. The van der Waals surface area contributed by atoms with Crippen LogP contribution in [-0.2, 0) is 0 Å². The molecular formula is C16H19Cl2IN4O. The second-order valence-electron chi connectivity index (χ2n) is 5.05. The third-order valence-corrected chi connectivity index (χ3v) is 3.88. The zero-order valence-electron chi connectivity index (χ0n) is 13.0. The number of rotatable bonds is 5. The molecule has 2 unspecified atom stereocenters. The van der Waals surface area contributed by atoms with E-state index in [0.717, 1.165) is 11.1 Å². The van der Waals surface area contributed by atoms with E-state index in [-0.39, 0.29) is 42.5 Å². The SMILES string of the molecule is CC(NC(N)=NCC(O)c1ccncc1)c1ccc(Cl)cc1Cl.I. The summed E-state index contributed by atoms with van der Waals surface area (Å²) in [6, 6.07) is 8.61. The van der Waals surface area contributed by atoms with Gasteiger partial charge in [0.25, 0.3) is 0 Å². The molecule has 130 valence electrons. The first kappa shape index (κ1) is 21.0. The largest absolute Gasteiger partial charge is 0.386 e. The van der Waals surface area contributed by atoms with Crippen LogP contribution in [0.4, 0.5) is 0 Å². The van der Waals surface area contributed by atoms with Crippen LogP contribution in [0.3, 0.4) is 0 Å². The summed E-state index contributed by atoms with van der Waals surface area (Å²) in [6.45, 7) is 2.07. The van der Waals surface area contributed by atoms with Crippen molar-refractivity contribution in [1.29, 1.82) is 0 Å². The third kappa shape index (κ3) is 6.08. The van der Waals surface area contributed by atoms with E-state index in [1.54, 1.807) is 36.7 Å². The molecule has 0 saturated carbocycles. The molecule has 1 heterocycles. The van der Waals surface area contributed by atoms with Crippen molar-refractivity contribution >= 4 is 53.1 Å². The van der Waals surface area contributed by atoms with Crippen LogP contribution in [0.5, 0.6) is 0 Å². The number of pyridine rings is 1. The quantitative estimate of drug-likeness (QED) is 0.346. The fourth-order valence-electron chi connectivity index (χ4n) is 2.07. The lowest BCUT2D eigenvalue weighted by atomic mass is 10.1. The number of guanidine groups is 1. The van der Waals surface area contributed by atoms with Crippen LogP contribution >= 0.6 is 47.2 Å². The van der Waals surface area contributed by atoms with Gasteiger partial charge in [-0.3, -0.25) is 9.98 Å². The van der Waals surface area contributed by atoms with E-state index < -0.39 is 6.10 Å². The van der Waals surface area contributed by atoms with Gasteiger partial charge in [0.1, 0.15) is 0 Å². The number of hydrogen-bond acceptors (Lipinski definition) is 3. The van der Waals surface area contributed by atoms with Crippen LogP contribution in [0.25, 0.3) is 0 Å². The number of benzene rings is 1. The number of nitrogens with two attached hydrogens (primary N) is 1. The molecule has 0 fully saturated rings. The maximum Gasteiger partial charge on any atom is 0.189 e. The molecule has 0 radical (unpaired) electrons. The standard InChI is InChI=1S/C16H18Cl2N4O.HI/c1-10(13-3-2-12(17)8-14(13)18)22-16(19)21-9-15(23)11-4-6-20-7-5-11;/h2-8,10,15,23H,9H2,1H3,(H3,19,21,22);1H. The van der Waals surface area contributed by atoms with Crippen molar-refractivity contribution in [3.8, 4) is 0 Å². The highest BCUT2D eigenvalue weighted by Crippen LogP contribution is 2.25. The van der Waals surface area contributed by atoms with E-state index in [4.69, 9.17) is 28.9 Å². The van der Waals surface area contributed by atoms with Crippen molar-refractivity contribution in [2.24, 2.45) is 10.7 Å². The van der Waals surface area contributed by atoms with Gasteiger partial charge in [-0.05, 0) is 42.3 Å². The van der Waals surface area contributed by atoms with E-state index in [2.05, 4.69) is 15.3 Å². The Labute approximate surface area is 168 Å². The van der Waals surface area contributed by atoms with Crippen molar-refractivity contribution in [2.45, 2.75) is 19.1 Å². The van der Waals surface area contributed by atoms with Gasteiger partial charge >= 0.3 is 0 Å². The molecular weight excluding hydrogens is 462 g/mol. The smallest absolute Gasteiger partial charge is 0.189 e. The molecule has 0 saturated heterocycles. The Morgan fingerprint density at radius 3 is 2.58 bits per heavy atom. The van der Waals surface area contributed by atoms with Crippen molar-refractivity contribution in [3.05, 3.63) is 63.9 Å².